The zero-order valence-corrected chi connectivity index (χ0v) is 14.8. The molecule has 1 aliphatic rings. The van der Waals surface area contributed by atoms with Crippen LogP contribution in [0.25, 0.3) is 0 Å². The maximum atomic E-state index is 12.4. The van der Waals surface area contributed by atoms with Crippen LogP contribution in [0.3, 0.4) is 0 Å². The number of anilines is 1. The van der Waals surface area contributed by atoms with E-state index in [-0.39, 0.29) is 18.2 Å². The molecule has 0 spiro atoms. The quantitative estimate of drug-likeness (QED) is 0.554. The van der Waals surface area contributed by atoms with Crippen molar-refractivity contribution in [1.29, 1.82) is 0 Å². The van der Waals surface area contributed by atoms with Crippen molar-refractivity contribution in [2.24, 2.45) is 0 Å². The molecule has 138 valence electrons. The molecule has 2 aromatic heterocycles. The standard InChI is InChI=1S/C15H17N5O5S/c1-2-5-16-12(21)6-19-14(9-7-26-8-10(9)18-19)17-15(22)11-3-4-13(25-11)20(23)24/h3-4H,2,5-8H2,1H3,(H,16,21)(H,17,22). The summed E-state index contributed by atoms with van der Waals surface area (Å²) in [6.45, 7) is 2.49. The number of fused-ring (bicyclic) bond motifs is 1. The fourth-order valence-corrected chi connectivity index (χ4v) is 3.53. The van der Waals surface area contributed by atoms with Crippen LogP contribution in [0.5, 0.6) is 0 Å². The Kier molecular flexibility index (Phi) is 5.26. The van der Waals surface area contributed by atoms with Crippen molar-refractivity contribution in [3.05, 3.63) is 39.3 Å². The largest absolute Gasteiger partial charge is 0.433 e. The molecule has 11 heteroatoms. The minimum atomic E-state index is -0.715. The first-order chi connectivity index (χ1) is 12.5. The SMILES string of the molecule is CCCNC(=O)Cn1nc2c(c1NC(=O)c1ccc([N+](=O)[O-])o1)CSC2. The van der Waals surface area contributed by atoms with Crippen molar-refractivity contribution in [3.63, 3.8) is 0 Å². The second kappa shape index (κ2) is 7.60. The molecular formula is C15H17N5O5S. The third kappa shape index (κ3) is 3.72. The molecule has 0 aliphatic carbocycles. The number of hydrogen-bond acceptors (Lipinski definition) is 7. The van der Waals surface area contributed by atoms with Gasteiger partial charge in [-0.3, -0.25) is 19.7 Å². The van der Waals surface area contributed by atoms with E-state index in [4.69, 9.17) is 4.42 Å². The van der Waals surface area contributed by atoms with E-state index in [1.807, 2.05) is 6.92 Å². The first-order valence-corrected chi connectivity index (χ1v) is 9.13. The number of nitrogens with zero attached hydrogens (tertiary/aromatic N) is 3. The van der Waals surface area contributed by atoms with Crippen LogP contribution in [0.2, 0.25) is 0 Å². The predicted octanol–water partition coefficient (Wildman–Crippen LogP) is 1.91. The monoisotopic (exact) mass is 379 g/mol. The average molecular weight is 379 g/mol. The van der Waals surface area contributed by atoms with E-state index in [9.17, 15) is 19.7 Å². The van der Waals surface area contributed by atoms with Crippen molar-refractivity contribution < 1.29 is 18.9 Å². The van der Waals surface area contributed by atoms with Gasteiger partial charge >= 0.3 is 5.88 Å². The zero-order valence-electron chi connectivity index (χ0n) is 14.0. The fraction of sp³-hybridized carbons (Fsp3) is 0.400. The summed E-state index contributed by atoms with van der Waals surface area (Å²) in [5, 5.41) is 20.5. The van der Waals surface area contributed by atoms with Gasteiger partial charge in [0, 0.05) is 23.6 Å². The van der Waals surface area contributed by atoms with Crippen LogP contribution in [0.4, 0.5) is 11.7 Å². The fourth-order valence-electron chi connectivity index (χ4n) is 2.49. The first-order valence-electron chi connectivity index (χ1n) is 7.98. The lowest BCUT2D eigenvalue weighted by molar-refractivity contribution is -0.402. The summed E-state index contributed by atoms with van der Waals surface area (Å²) in [5.74, 6) is 0.259. The molecule has 10 nitrogen and oxygen atoms in total. The van der Waals surface area contributed by atoms with Gasteiger partial charge in [0.15, 0.2) is 5.76 Å². The minimum absolute atomic E-state index is 0.0222. The summed E-state index contributed by atoms with van der Waals surface area (Å²) in [7, 11) is 0. The third-order valence-corrected chi connectivity index (χ3v) is 4.68. The molecular weight excluding hydrogens is 362 g/mol. The molecule has 0 unspecified atom stereocenters. The molecule has 0 aromatic carbocycles. The second-order valence-electron chi connectivity index (χ2n) is 5.62. The summed E-state index contributed by atoms with van der Waals surface area (Å²) < 4.78 is 6.37. The number of rotatable bonds is 7. The van der Waals surface area contributed by atoms with Gasteiger partial charge in [0.1, 0.15) is 17.3 Å². The normalized spacial score (nSPS) is 12.7. The molecule has 2 amide bonds. The van der Waals surface area contributed by atoms with Crippen molar-refractivity contribution in [2.75, 3.05) is 11.9 Å². The number of amides is 2. The van der Waals surface area contributed by atoms with Crippen LogP contribution in [0, 0.1) is 10.1 Å². The molecule has 3 rings (SSSR count). The van der Waals surface area contributed by atoms with Gasteiger partial charge < -0.3 is 15.1 Å². The number of carbonyl (C=O) groups excluding carboxylic acids is 2. The Morgan fingerprint density at radius 2 is 2.23 bits per heavy atom. The van der Waals surface area contributed by atoms with Gasteiger partial charge in [-0.15, -0.1) is 0 Å². The number of hydrogen-bond donors (Lipinski definition) is 2. The van der Waals surface area contributed by atoms with E-state index in [0.29, 0.717) is 23.9 Å². The Labute approximate surface area is 152 Å². The molecule has 0 fully saturated rings. The number of nitrogens with one attached hydrogen (secondary N) is 2. The average Bonchev–Trinajstić information content (AvgIpc) is 3.31. The molecule has 0 radical (unpaired) electrons. The van der Waals surface area contributed by atoms with Crippen LogP contribution in [0.15, 0.2) is 16.5 Å². The van der Waals surface area contributed by atoms with E-state index >= 15 is 0 Å². The highest BCUT2D eigenvalue weighted by Gasteiger charge is 2.26. The molecule has 0 saturated heterocycles. The maximum absolute atomic E-state index is 12.4. The van der Waals surface area contributed by atoms with E-state index in [0.717, 1.165) is 23.7 Å². The highest BCUT2D eigenvalue weighted by Crippen LogP contribution is 2.35. The predicted molar refractivity (Wildman–Crippen MR) is 93.8 cm³/mol. The number of nitro groups is 1. The number of thioether (sulfide) groups is 1. The lowest BCUT2D eigenvalue weighted by Crippen LogP contribution is -2.29. The van der Waals surface area contributed by atoms with Crippen LogP contribution in [0.1, 0.15) is 35.2 Å². The van der Waals surface area contributed by atoms with E-state index < -0.39 is 16.7 Å². The van der Waals surface area contributed by atoms with Gasteiger partial charge in [-0.2, -0.15) is 16.9 Å². The van der Waals surface area contributed by atoms with Gasteiger partial charge in [0.05, 0.1) is 11.8 Å². The molecule has 0 bridgehead atoms. The summed E-state index contributed by atoms with van der Waals surface area (Å²) in [5.41, 5.74) is 1.67. The molecule has 1 aliphatic heterocycles. The molecule has 0 atom stereocenters. The van der Waals surface area contributed by atoms with Gasteiger partial charge in [-0.05, 0) is 12.5 Å². The van der Waals surface area contributed by atoms with Crippen LogP contribution >= 0.6 is 11.8 Å². The number of carbonyl (C=O) groups is 2. The Bertz CT molecular complexity index is 859. The number of aromatic nitrogens is 2. The van der Waals surface area contributed by atoms with Crippen molar-refractivity contribution in [1.82, 2.24) is 15.1 Å². The second-order valence-corrected chi connectivity index (χ2v) is 6.61. The van der Waals surface area contributed by atoms with Crippen molar-refractivity contribution >= 4 is 35.3 Å². The molecule has 2 N–H and O–H groups in total. The first kappa shape index (κ1) is 18.0. The van der Waals surface area contributed by atoms with E-state index in [1.54, 1.807) is 11.8 Å². The summed E-state index contributed by atoms with van der Waals surface area (Å²) in [4.78, 5) is 34.4. The third-order valence-electron chi connectivity index (χ3n) is 3.71. The summed E-state index contributed by atoms with van der Waals surface area (Å²) in [6.07, 6.45) is 0.818. The van der Waals surface area contributed by atoms with Crippen LogP contribution in [-0.2, 0) is 22.8 Å². The minimum Gasteiger partial charge on any atom is -0.395 e. The van der Waals surface area contributed by atoms with E-state index in [2.05, 4.69) is 15.7 Å². The van der Waals surface area contributed by atoms with Crippen LogP contribution in [-0.4, -0.2) is 33.1 Å². The maximum Gasteiger partial charge on any atom is 0.433 e. The van der Waals surface area contributed by atoms with Gasteiger partial charge in [-0.1, -0.05) is 6.92 Å². The van der Waals surface area contributed by atoms with E-state index in [1.165, 1.54) is 10.7 Å². The summed E-state index contributed by atoms with van der Waals surface area (Å²) >= 11 is 1.66. The van der Waals surface area contributed by atoms with Crippen molar-refractivity contribution in [3.8, 4) is 0 Å². The van der Waals surface area contributed by atoms with Crippen LogP contribution < -0.4 is 10.6 Å². The van der Waals surface area contributed by atoms with Crippen molar-refractivity contribution in [2.45, 2.75) is 31.4 Å². The van der Waals surface area contributed by atoms with Gasteiger partial charge in [-0.25, -0.2) is 4.68 Å². The molecule has 26 heavy (non-hydrogen) atoms. The highest BCUT2D eigenvalue weighted by molar-refractivity contribution is 7.98. The lowest BCUT2D eigenvalue weighted by Gasteiger charge is -2.10. The summed E-state index contributed by atoms with van der Waals surface area (Å²) in [6, 6.07) is 2.35. The molecule has 3 heterocycles. The Morgan fingerprint density at radius 3 is 2.92 bits per heavy atom. The molecule has 2 aromatic rings. The smallest absolute Gasteiger partial charge is 0.395 e. The van der Waals surface area contributed by atoms with Gasteiger partial charge in [0.25, 0.3) is 5.91 Å². The van der Waals surface area contributed by atoms with Gasteiger partial charge in [0.2, 0.25) is 5.91 Å². The highest BCUT2D eigenvalue weighted by atomic mass is 32.2. The zero-order chi connectivity index (χ0) is 18.7. The number of furan rings is 1. The Hall–Kier alpha value is -2.82. The Morgan fingerprint density at radius 1 is 1.42 bits per heavy atom. The molecule has 0 saturated carbocycles. The Balaban J connectivity index is 1.80. The lowest BCUT2D eigenvalue weighted by atomic mass is 10.2. The topological polar surface area (TPSA) is 132 Å².